The lowest BCUT2D eigenvalue weighted by Gasteiger charge is -2.32. The third-order valence-corrected chi connectivity index (χ3v) is 5.70. The summed E-state index contributed by atoms with van der Waals surface area (Å²) in [7, 11) is 0. The number of piperidine rings is 1. The van der Waals surface area contributed by atoms with Gasteiger partial charge in [0.15, 0.2) is 5.96 Å². The summed E-state index contributed by atoms with van der Waals surface area (Å²) in [5.41, 5.74) is 1.82. The molecule has 0 spiro atoms. The number of ether oxygens (including phenoxy) is 1. The fourth-order valence-electron chi connectivity index (χ4n) is 3.98. The molecule has 0 aromatic heterocycles. The van der Waals surface area contributed by atoms with Crippen LogP contribution in [0.5, 0.6) is 0 Å². The summed E-state index contributed by atoms with van der Waals surface area (Å²) in [6.45, 7) is 8.53. The number of hydrogen-bond acceptors (Lipinski definition) is 4. The lowest BCUT2D eigenvalue weighted by Crippen LogP contribution is -2.49. The minimum absolute atomic E-state index is 0.0349. The molecule has 1 aromatic rings. The van der Waals surface area contributed by atoms with E-state index in [4.69, 9.17) is 9.73 Å². The first-order chi connectivity index (χ1) is 15.6. The number of carbonyl (C=O) groups is 2. The Morgan fingerprint density at radius 3 is 2.53 bits per heavy atom. The van der Waals surface area contributed by atoms with Gasteiger partial charge in [0.25, 0.3) is 0 Å². The molecule has 2 aliphatic rings. The molecule has 0 unspecified atom stereocenters. The number of hydrogen-bond donors (Lipinski definition) is 3. The lowest BCUT2D eigenvalue weighted by atomic mass is 10.1. The highest BCUT2D eigenvalue weighted by atomic mass is 16.6. The molecule has 0 saturated carbocycles. The quantitative estimate of drug-likeness (QED) is 0.463. The maximum atomic E-state index is 12.3. The highest BCUT2D eigenvalue weighted by Crippen LogP contribution is 2.15. The standard InChI is InChI=1S/C23H36N6O3/c1-3-24-21(26-19-10-14-29(15-11-19)23(31)32-4-2)25-17-18-8-7-9-20(16-18)27-22(30)28-12-5-6-13-28/h7-9,16,19H,3-6,10-15,17H2,1-2H3,(H,27,30)(H2,24,25,26). The number of nitrogens with one attached hydrogen (secondary N) is 3. The average Bonchev–Trinajstić information content (AvgIpc) is 3.34. The molecule has 1 aromatic carbocycles. The largest absolute Gasteiger partial charge is 0.450 e. The molecule has 32 heavy (non-hydrogen) atoms. The van der Waals surface area contributed by atoms with E-state index in [-0.39, 0.29) is 18.2 Å². The van der Waals surface area contributed by atoms with Crippen molar-refractivity contribution >= 4 is 23.8 Å². The van der Waals surface area contributed by atoms with Crippen LogP contribution in [0.2, 0.25) is 0 Å². The number of nitrogens with zero attached hydrogens (tertiary/aromatic N) is 3. The second-order valence-electron chi connectivity index (χ2n) is 8.12. The molecule has 2 aliphatic heterocycles. The van der Waals surface area contributed by atoms with Crippen LogP contribution in [-0.4, -0.2) is 73.3 Å². The fraction of sp³-hybridized carbons (Fsp3) is 0.609. The van der Waals surface area contributed by atoms with Gasteiger partial charge < -0.3 is 30.5 Å². The van der Waals surface area contributed by atoms with E-state index in [1.165, 1.54) is 0 Å². The smallest absolute Gasteiger partial charge is 0.409 e. The van der Waals surface area contributed by atoms with Gasteiger partial charge in [0.1, 0.15) is 0 Å². The highest BCUT2D eigenvalue weighted by molar-refractivity contribution is 5.89. The third-order valence-electron chi connectivity index (χ3n) is 5.70. The first-order valence-electron chi connectivity index (χ1n) is 11.7. The Morgan fingerprint density at radius 1 is 1.09 bits per heavy atom. The zero-order chi connectivity index (χ0) is 22.8. The second-order valence-corrected chi connectivity index (χ2v) is 8.12. The minimum Gasteiger partial charge on any atom is -0.450 e. The van der Waals surface area contributed by atoms with Crippen molar-refractivity contribution in [1.29, 1.82) is 0 Å². The van der Waals surface area contributed by atoms with Crippen molar-refractivity contribution in [2.24, 2.45) is 4.99 Å². The Hall–Kier alpha value is -2.97. The number of anilines is 1. The van der Waals surface area contributed by atoms with Gasteiger partial charge in [-0.25, -0.2) is 14.6 Å². The van der Waals surface area contributed by atoms with Crippen molar-refractivity contribution < 1.29 is 14.3 Å². The number of aliphatic imine (C=N–C) groups is 1. The molecule has 176 valence electrons. The summed E-state index contributed by atoms with van der Waals surface area (Å²) in [6.07, 6.45) is 3.61. The summed E-state index contributed by atoms with van der Waals surface area (Å²) in [6, 6.07) is 8.05. The van der Waals surface area contributed by atoms with Crippen molar-refractivity contribution in [1.82, 2.24) is 20.4 Å². The second kappa shape index (κ2) is 12.2. The molecule has 9 nitrogen and oxygen atoms in total. The Morgan fingerprint density at radius 2 is 1.84 bits per heavy atom. The lowest BCUT2D eigenvalue weighted by molar-refractivity contribution is 0.0963. The maximum absolute atomic E-state index is 12.3. The van der Waals surface area contributed by atoms with Crippen LogP contribution in [0.4, 0.5) is 15.3 Å². The van der Waals surface area contributed by atoms with E-state index in [1.54, 1.807) is 4.90 Å². The van der Waals surface area contributed by atoms with Gasteiger partial charge in [-0.1, -0.05) is 12.1 Å². The Labute approximate surface area is 190 Å². The van der Waals surface area contributed by atoms with E-state index < -0.39 is 0 Å². The molecule has 0 aliphatic carbocycles. The monoisotopic (exact) mass is 444 g/mol. The van der Waals surface area contributed by atoms with Crippen LogP contribution in [-0.2, 0) is 11.3 Å². The Balaban J connectivity index is 1.52. The van der Waals surface area contributed by atoms with E-state index in [0.29, 0.717) is 26.2 Å². The van der Waals surface area contributed by atoms with Crippen LogP contribution in [0.15, 0.2) is 29.3 Å². The summed E-state index contributed by atoms with van der Waals surface area (Å²) in [5, 5.41) is 9.77. The van der Waals surface area contributed by atoms with Crippen LogP contribution in [0.1, 0.15) is 45.1 Å². The van der Waals surface area contributed by atoms with Crippen molar-refractivity contribution in [2.75, 3.05) is 44.6 Å². The molecule has 0 atom stereocenters. The SMILES string of the molecule is CCNC(=NCc1cccc(NC(=O)N2CCCC2)c1)NC1CCN(C(=O)OCC)CC1. The molecule has 3 rings (SSSR count). The number of urea groups is 1. The van der Waals surface area contributed by atoms with Crippen LogP contribution >= 0.6 is 0 Å². The summed E-state index contributed by atoms with van der Waals surface area (Å²) >= 11 is 0. The first kappa shape index (κ1) is 23.7. The van der Waals surface area contributed by atoms with Gasteiger partial charge in [0.2, 0.25) is 0 Å². The molecule has 2 saturated heterocycles. The topological polar surface area (TPSA) is 98.3 Å². The number of amides is 3. The first-order valence-corrected chi connectivity index (χ1v) is 11.7. The van der Waals surface area contributed by atoms with Crippen LogP contribution in [0.3, 0.4) is 0 Å². The molecule has 3 amide bonds. The summed E-state index contributed by atoms with van der Waals surface area (Å²) in [4.78, 5) is 32.5. The molecule has 9 heteroatoms. The van der Waals surface area contributed by atoms with Gasteiger partial charge in [-0.15, -0.1) is 0 Å². The van der Waals surface area contributed by atoms with E-state index >= 15 is 0 Å². The van der Waals surface area contributed by atoms with E-state index in [1.807, 2.05) is 43.0 Å². The Kier molecular flexibility index (Phi) is 9.01. The fourth-order valence-corrected chi connectivity index (χ4v) is 3.98. The van der Waals surface area contributed by atoms with Crippen LogP contribution < -0.4 is 16.0 Å². The number of benzene rings is 1. The molecular formula is C23H36N6O3. The molecule has 2 fully saturated rings. The molecule has 0 radical (unpaired) electrons. The highest BCUT2D eigenvalue weighted by Gasteiger charge is 2.24. The number of carbonyl (C=O) groups excluding carboxylic acids is 2. The molecular weight excluding hydrogens is 408 g/mol. The van der Waals surface area contributed by atoms with Gasteiger partial charge in [0, 0.05) is 44.5 Å². The predicted octanol–water partition coefficient (Wildman–Crippen LogP) is 2.99. The molecule has 0 bridgehead atoms. The van der Waals surface area contributed by atoms with Gasteiger partial charge in [0.05, 0.1) is 13.2 Å². The predicted molar refractivity (Wildman–Crippen MR) is 126 cm³/mol. The maximum Gasteiger partial charge on any atom is 0.409 e. The van der Waals surface area contributed by atoms with E-state index in [2.05, 4.69) is 16.0 Å². The van der Waals surface area contributed by atoms with Crippen molar-refractivity contribution in [3.8, 4) is 0 Å². The van der Waals surface area contributed by atoms with Gasteiger partial charge in [-0.3, -0.25) is 0 Å². The van der Waals surface area contributed by atoms with Crippen molar-refractivity contribution in [2.45, 2.75) is 52.1 Å². The number of likely N-dealkylation sites (tertiary alicyclic amines) is 2. The van der Waals surface area contributed by atoms with Crippen molar-refractivity contribution in [3.63, 3.8) is 0 Å². The number of rotatable bonds is 6. The van der Waals surface area contributed by atoms with Gasteiger partial charge >= 0.3 is 12.1 Å². The normalized spacial score (nSPS) is 17.2. The number of guanidine groups is 1. The van der Waals surface area contributed by atoms with Crippen LogP contribution in [0, 0.1) is 0 Å². The van der Waals surface area contributed by atoms with E-state index in [0.717, 1.165) is 62.5 Å². The minimum atomic E-state index is -0.233. The zero-order valence-electron chi connectivity index (χ0n) is 19.2. The third kappa shape index (κ3) is 7.03. The molecule has 2 heterocycles. The van der Waals surface area contributed by atoms with Crippen molar-refractivity contribution in [3.05, 3.63) is 29.8 Å². The zero-order valence-corrected chi connectivity index (χ0v) is 19.2. The van der Waals surface area contributed by atoms with Crippen LogP contribution in [0.25, 0.3) is 0 Å². The van der Waals surface area contributed by atoms with Gasteiger partial charge in [-0.05, 0) is 57.2 Å². The summed E-state index contributed by atoms with van der Waals surface area (Å²) in [5.74, 6) is 0.758. The summed E-state index contributed by atoms with van der Waals surface area (Å²) < 4.78 is 5.09. The van der Waals surface area contributed by atoms with Gasteiger partial charge in [-0.2, -0.15) is 0 Å². The molecule has 3 N–H and O–H groups in total. The van der Waals surface area contributed by atoms with E-state index in [9.17, 15) is 9.59 Å². The Bertz CT molecular complexity index is 786. The average molecular weight is 445 g/mol.